The molecule has 1 aromatic heterocycles. The number of hydrogen-bond acceptors (Lipinski definition) is 4. The summed E-state index contributed by atoms with van der Waals surface area (Å²) in [7, 11) is 0. The molecule has 1 heterocycles. The SMILES string of the molecule is CCOc1cccc2nc3c(OCC)cccc3nc12. The number of benzene rings is 2. The summed E-state index contributed by atoms with van der Waals surface area (Å²) in [5.41, 5.74) is 3.21. The van der Waals surface area contributed by atoms with Gasteiger partial charge in [0.25, 0.3) is 0 Å². The van der Waals surface area contributed by atoms with Crippen molar-refractivity contribution in [3.63, 3.8) is 0 Å². The average Bonchev–Trinajstić information content (AvgIpc) is 2.47. The van der Waals surface area contributed by atoms with E-state index in [1.165, 1.54) is 0 Å². The first-order chi connectivity index (χ1) is 9.83. The van der Waals surface area contributed by atoms with Crippen LogP contribution in [0.15, 0.2) is 36.4 Å². The fourth-order valence-electron chi connectivity index (χ4n) is 2.21. The monoisotopic (exact) mass is 268 g/mol. The van der Waals surface area contributed by atoms with Crippen LogP contribution in [0.4, 0.5) is 0 Å². The number of fused-ring (bicyclic) bond motifs is 2. The molecule has 20 heavy (non-hydrogen) atoms. The molecule has 4 nitrogen and oxygen atoms in total. The van der Waals surface area contributed by atoms with Crippen molar-refractivity contribution in [3.05, 3.63) is 36.4 Å². The highest BCUT2D eigenvalue weighted by Gasteiger charge is 2.09. The van der Waals surface area contributed by atoms with Crippen molar-refractivity contribution in [3.8, 4) is 11.5 Å². The summed E-state index contributed by atoms with van der Waals surface area (Å²) in [4.78, 5) is 9.34. The minimum atomic E-state index is 0.609. The maximum Gasteiger partial charge on any atom is 0.147 e. The second kappa shape index (κ2) is 5.33. The second-order valence-corrected chi connectivity index (χ2v) is 4.34. The average molecular weight is 268 g/mol. The summed E-state index contributed by atoms with van der Waals surface area (Å²) in [5, 5.41) is 0. The molecule has 3 aromatic rings. The Balaban J connectivity index is 2.28. The zero-order valence-electron chi connectivity index (χ0n) is 11.6. The summed E-state index contributed by atoms with van der Waals surface area (Å²) < 4.78 is 11.2. The Kier molecular flexibility index (Phi) is 3.37. The van der Waals surface area contributed by atoms with Crippen LogP contribution in [-0.4, -0.2) is 23.2 Å². The van der Waals surface area contributed by atoms with Crippen LogP contribution in [0, 0.1) is 0 Å². The minimum Gasteiger partial charge on any atom is -0.492 e. The molecule has 0 saturated carbocycles. The van der Waals surface area contributed by atoms with Gasteiger partial charge in [-0.05, 0) is 38.1 Å². The summed E-state index contributed by atoms with van der Waals surface area (Å²) in [6, 6.07) is 11.6. The number of para-hydroxylation sites is 2. The maximum atomic E-state index is 5.61. The number of hydrogen-bond donors (Lipinski definition) is 0. The Labute approximate surface area is 117 Å². The van der Waals surface area contributed by atoms with E-state index in [1.807, 2.05) is 50.2 Å². The first kappa shape index (κ1) is 12.7. The predicted molar refractivity (Wildman–Crippen MR) is 79.4 cm³/mol. The van der Waals surface area contributed by atoms with E-state index >= 15 is 0 Å². The summed E-state index contributed by atoms with van der Waals surface area (Å²) >= 11 is 0. The molecular formula is C16H16N2O2. The fourth-order valence-corrected chi connectivity index (χ4v) is 2.21. The van der Waals surface area contributed by atoms with Gasteiger partial charge >= 0.3 is 0 Å². The highest BCUT2D eigenvalue weighted by molar-refractivity contribution is 5.92. The molecule has 0 aliphatic carbocycles. The number of nitrogens with zero attached hydrogens (tertiary/aromatic N) is 2. The van der Waals surface area contributed by atoms with Crippen molar-refractivity contribution in [2.45, 2.75) is 13.8 Å². The zero-order chi connectivity index (χ0) is 13.9. The summed E-state index contributed by atoms with van der Waals surface area (Å²) in [5.74, 6) is 1.53. The quantitative estimate of drug-likeness (QED) is 0.678. The van der Waals surface area contributed by atoms with Crippen LogP contribution in [0.25, 0.3) is 22.1 Å². The van der Waals surface area contributed by atoms with Crippen LogP contribution in [-0.2, 0) is 0 Å². The molecule has 0 atom stereocenters. The van der Waals surface area contributed by atoms with E-state index in [0.29, 0.717) is 13.2 Å². The molecular weight excluding hydrogens is 252 g/mol. The van der Waals surface area contributed by atoms with E-state index in [9.17, 15) is 0 Å². The van der Waals surface area contributed by atoms with Gasteiger partial charge in [0.15, 0.2) is 0 Å². The molecule has 0 saturated heterocycles. The van der Waals surface area contributed by atoms with Crippen LogP contribution in [0.5, 0.6) is 11.5 Å². The molecule has 3 rings (SSSR count). The van der Waals surface area contributed by atoms with E-state index < -0.39 is 0 Å². The van der Waals surface area contributed by atoms with Crippen LogP contribution in [0.1, 0.15) is 13.8 Å². The van der Waals surface area contributed by atoms with Gasteiger partial charge in [-0.2, -0.15) is 0 Å². The van der Waals surface area contributed by atoms with E-state index in [0.717, 1.165) is 33.6 Å². The highest BCUT2D eigenvalue weighted by atomic mass is 16.5. The molecule has 0 fully saturated rings. The lowest BCUT2D eigenvalue weighted by Gasteiger charge is -2.09. The third-order valence-corrected chi connectivity index (χ3v) is 3.02. The Morgan fingerprint density at radius 1 is 0.750 bits per heavy atom. The minimum absolute atomic E-state index is 0.609. The van der Waals surface area contributed by atoms with Gasteiger partial charge in [-0.25, -0.2) is 9.97 Å². The number of ether oxygens (including phenoxy) is 2. The van der Waals surface area contributed by atoms with E-state index in [1.54, 1.807) is 0 Å². The molecule has 0 amide bonds. The maximum absolute atomic E-state index is 5.61. The third-order valence-electron chi connectivity index (χ3n) is 3.02. The normalized spacial score (nSPS) is 10.9. The fraction of sp³-hybridized carbons (Fsp3) is 0.250. The van der Waals surface area contributed by atoms with Gasteiger partial charge in [-0.3, -0.25) is 0 Å². The van der Waals surface area contributed by atoms with E-state index in [4.69, 9.17) is 9.47 Å². The van der Waals surface area contributed by atoms with Crippen molar-refractivity contribution in [1.82, 2.24) is 9.97 Å². The number of rotatable bonds is 4. The lowest BCUT2D eigenvalue weighted by atomic mass is 10.2. The van der Waals surface area contributed by atoms with Gasteiger partial charge in [0.05, 0.1) is 24.2 Å². The Hall–Kier alpha value is -2.36. The van der Waals surface area contributed by atoms with Crippen molar-refractivity contribution < 1.29 is 9.47 Å². The van der Waals surface area contributed by atoms with Crippen molar-refractivity contribution in [2.75, 3.05) is 13.2 Å². The summed E-state index contributed by atoms with van der Waals surface area (Å²) in [6.07, 6.45) is 0. The van der Waals surface area contributed by atoms with E-state index in [2.05, 4.69) is 9.97 Å². The standard InChI is InChI=1S/C16H16N2O2/c1-3-19-13-9-5-7-11-15(13)17-12-8-6-10-14(20-4-2)16(12)18-11/h5-10H,3-4H2,1-2H3. The van der Waals surface area contributed by atoms with Crippen LogP contribution < -0.4 is 9.47 Å². The lowest BCUT2D eigenvalue weighted by molar-refractivity contribution is 0.342. The number of aromatic nitrogens is 2. The van der Waals surface area contributed by atoms with Gasteiger partial charge in [-0.1, -0.05) is 12.1 Å². The first-order valence-electron chi connectivity index (χ1n) is 6.78. The Morgan fingerprint density at radius 3 is 1.60 bits per heavy atom. The molecule has 0 unspecified atom stereocenters. The molecule has 0 aliphatic heterocycles. The molecule has 0 bridgehead atoms. The second-order valence-electron chi connectivity index (χ2n) is 4.34. The van der Waals surface area contributed by atoms with Gasteiger partial charge in [0, 0.05) is 0 Å². The van der Waals surface area contributed by atoms with Crippen molar-refractivity contribution in [1.29, 1.82) is 0 Å². The smallest absolute Gasteiger partial charge is 0.147 e. The van der Waals surface area contributed by atoms with Crippen molar-refractivity contribution >= 4 is 22.1 Å². The molecule has 0 spiro atoms. The topological polar surface area (TPSA) is 44.2 Å². The lowest BCUT2D eigenvalue weighted by Crippen LogP contribution is -1.97. The van der Waals surface area contributed by atoms with Gasteiger partial charge in [0.2, 0.25) is 0 Å². The molecule has 102 valence electrons. The van der Waals surface area contributed by atoms with Crippen LogP contribution in [0.2, 0.25) is 0 Å². The van der Waals surface area contributed by atoms with Gasteiger partial charge < -0.3 is 9.47 Å². The largest absolute Gasteiger partial charge is 0.492 e. The third kappa shape index (κ3) is 2.13. The summed E-state index contributed by atoms with van der Waals surface area (Å²) in [6.45, 7) is 5.14. The molecule has 2 aromatic carbocycles. The Morgan fingerprint density at radius 2 is 1.20 bits per heavy atom. The first-order valence-corrected chi connectivity index (χ1v) is 6.78. The molecule has 4 heteroatoms. The van der Waals surface area contributed by atoms with E-state index in [-0.39, 0.29) is 0 Å². The molecule has 0 N–H and O–H groups in total. The van der Waals surface area contributed by atoms with Crippen molar-refractivity contribution in [2.24, 2.45) is 0 Å². The predicted octanol–water partition coefficient (Wildman–Crippen LogP) is 3.58. The zero-order valence-corrected chi connectivity index (χ0v) is 11.6. The molecule has 0 aliphatic rings. The van der Waals surface area contributed by atoms with Crippen LogP contribution in [0.3, 0.4) is 0 Å². The van der Waals surface area contributed by atoms with Gasteiger partial charge in [-0.15, -0.1) is 0 Å². The highest BCUT2D eigenvalue weighted by Crippen LogP contribution is 2.28. The Bertz CT molecular complexity index is 690. The van der Waals surface area contributed by atoms with Crippen LogP contribution >= 0.6 is 0 Å². The molecule has 0 radical (unpaired) electrons. The van der Waals surface area contributed by atoms with Gasteiger partial charge in [0.1, 0.15) is 22.5 Å².